The molecule has 0 spiro atoms. The summed E-state index contributed by atoms with van der Waals surface area (Å²) in [6.07, 6.45) is -6.14. The fourth-order valence-electron chi connectivity index (χ4n) is 7.21. The molecule has 0 saturated carbocycles. The third kappa shape index (κ3) is 5.83. The van der Waals surface area contributed by atoms with Crippen LogP contribution in [0.1, 0.15) is 30.0 Å². The Balaban J connectivity index is 1.00. The van der Waals surface area contributed by atoms with Crippen LogP contribution < -0.4 is 10.8 Å². The number of halogens is 2. The number of carbonyl (C=O) groups is 1. The van der Waals surface area contributed by atoms with E-state index in [0.29, 0.717) is 47.1 Å². The second-order valence-corrected chi connectivity index (χ2v) is 15.8. The number of fused-ring (bicyclic) bond motifs is 2. The lowest BCUT2D eigenvalue weighted by atomic mass is 10.1. The monoisotopic (exact) mass is 743 g/mol. The smallest absolute Gasteiger partial charge is 0.264 e. The van der Waals surface area contributed by atoms with Crippen LogP contribution in [0, 0.1) is 0 Å². The third-order valence-corrected chi connectivity index (χ3v) is 11.6. The number of rotatable bonds is 2. The van der Waals surface area contributed by atoms with Crippen molar-refractivity contribution in [2.24, 2.45) is 0 Å². The fourth-order valence-corrected chi connectivity index (χ4v) is 9.22. The van der Waals surface area contributed by atoms with E-state index in [0.717, 1.165) is 5.56 Å². The molecule has 4 radical (unpaired) electrons. The van der Waals surface area contributed by atoms with E-state index in [2.05, 4.69) is 25.7 Å². The molecule has 3 fully saturated rings. The SMILES string of the molecule is [B]P1(=O)OC[C@H]2O[C@@H](n3cc4c5c(ncnc53)NC(=O)CC4)C(F)[C@H]2OP([B])(=O)OC[C@H]2O[C@@H](n3cc4c5c(ccnc53)NOCC4)[C@@H](F)C2O1. The molecule has 10 atom stereocenters. The second-order valence-electron chi connectivity index (χ2n) is 12.7. The molecule has 2 N–H and O–H groups in total. The number of hydrogen-bond acceptors (Lipinski definition) is 14. The van der Waals surface area contributed by atoms with Crippen molar-refractivity contribution in [1.29, 1.82) is 0 Å². The molecule has 4 aromatic heterocycles. The maximum absolute atomic E-state index is 16.4. The third-order valence-electron chi connectivity index (χ3n) is 9.47. The van der Waals surface area contributed by atoms with Gasteiger partial charge < -0.3 is 42.0 Å². The molecule has 5 aliphatic heterocycles. The molecule has 51 heavy (non-hydrogen) atoms. The van der Waals surface area contributed by atoms with Gasteiger partial charge in [-0.25, -0.2) is 23.7 Å². The van der Waals surface area contributed by atoms with E-state index < -0.39 is 77.4 Å². The predicted molar refractivity (Wildman–Crippen MR) is 173 cm³/mol. The molecule has 264 valence electrons. The highest BCUT2D eigenvalue weighted by Gasteiger charge is 2.54. The van der Waals surface area contributed by atoms with Gasteiger partial charge in [0.25, 0.3) is 14.9 Å². The van der Waals surface area contributed by atoms with Gasteiger partial charge in [-0.1, -0.05) is 0 Å². The predicted octanol–water partition coefficient (Wildman–Crippen LogP) is 3.11. The average molecular weight is 743 g/mol. The van der Waals surface area contributed by atoms with Crippen molar-refractivity contribution >= 4 is 69.6 Å². The Labute approximate surface area is 289 Å². The minimum atomic E-state index is -4.62. The number of aryl methyl sites for hydroxylation is 1. The van der Waals surface area contributed by atoms with Gasteiger partial charge in [-0.05, 0) is 23.6 Å². The van der Waals surface area contributed by atoms with Crippen LogP contribution in [-0.2, 0) is 59.2 Å². The summed E-state index contributed by atoms with van der Waals surface area (Å²) < 4.78 is 96.7. The van der Waals surface area contributed by atoms with Gasteiger partial charge in [0, 0.05) is 36.8 Å². The summed E-state index contributed by atoms with van der Waals surface area (Å²) in [4.78, 5) is 30.4. The van der Waals surface area contributed by atoms with E-state index in [1.165, 1.54) is 21.7 Å². The molecule has 5 aliphatic rings. The Morgan fingerprint density at radius 3 is 2.08 bits per heavy atom. The molecule has 4 unspecified atom stereocenters. The first-order chi connectivity index (χ1) is 24.5. The normalized spacial score (nSPS) is 37.0. The largest absolute Gasteiger partial charge is 0.346 e. The Morgan fingerprint density at radius 1 is 0.824 bits per heavy atom. The molecule has 3 saturated heterocycles. The van der Waals surface area contributed by atoms with Crippen LogP contribution in [0.3, 0.4) is 0 Å². The number of nitrogens with one attached hydrogen (secondary N) is 2. The van der Waals surface area contributed by atoms with E-state index in [1.807, 2.05) is 0 Å². The number of aromatic nitrogens is 5. The number of amides is 1. The van der Waals surface area contributed by atoms with E-state index in [1.54, 1.807) is 18.5 Å². The fraction of sp³-hybridized carbons (Fsp3) is 0.500. The van der Waals surface area contributed by atoms with Gasteiger partial charge >= 0.3 is 0 Å². The molecule has 0 aliphatic carbocycles. The van der Waals surface area contributed by atoms with Gasteiger partial charge in [-0.2, -0.15) is 0 Å². The Bertz CT molecular complexity index is 2160. The van der Waals surface area contributed by atoms with E-state index in [4.69, 9.17) is 47.5 Å². The van der Waals surface area contributed by atoms with Crippen molar-refractivity contribution < 1.29 is 55.1 Å². The summed E-state index contributed by atoms with van der Waals surface area (Å²) >= 11 is 0. The number of carbonyl (C=O) groups excluding carboxylic acids is 1. The van der Waals surface area contributed by atoms with Crippen LogP contribution in [0.5, 0.6) is 0 Å². The molecule has 0 aromatic carbocycles. The van der Waals surface area contributed by atoms with Gasteiger partial charge in [0.1, 0.15) is 47.9 Å². The molecule has 1 amide bonds. The van der Waals surface area contributed by atoms with Crippen LogP contribution in [0.4, 0.5) is 20.3 Å². The van der Waals surface area contributed by atoms with Gasteiger partial charge in [0.2, 0.25) is 21.0 Å². The van der Waals surface area contributed by atoms with E-state index >= 15 is 8.78 Å². The van der Waals surface area contributed by atoms with Crippen molar-refractivity contribution in [3.63, 3.8) is 0 Å². The minimum absolute atomic E-state index is 0.154. The van der Waals surface area contributed by atoms with Gasteiger partial charge in [-0.3, -0.25) is 24.2 Å². The zero-order valence-corrected chi connectivity index (χ0v) is 28.2. The maximum atomic E-state index is 16.4. The Morgan fingerprint density at radius 2 is 1.43 bits per heavy atom. The molecule has 4 aromatic rings. The zero-order valence-electron chi connectivity index (χ0n) is 26.4. The van der Waals surface area contributed by atoms with Crippen molar-refractivity contribution in [3.8, 4) is 0 Å². The highest BCUT2D eigenvalue weighted by molar-refractivity contribution is 7.79. The number of anilines is 2. The topological polar surface area (TPSA) is 188 Å². The van der Waals surface area contributed by atoms with Crippen LogP contribution in [-0.4, -0.2) is 102 Å². The van der Waals surface area contributed by atoms with Gasteiger partial charge in [0.15, 0.2) is 24.8 Å². The molecule has 9 rings (SSSR count). The van der Waals surface area contributed by atoms with Crippen LogP contribution >= 0.6 is 14.9 Å². The second kappa shape index (κ2) is 12.4. The van der Waals surface area contributed by atoms with E-state index in [9.17, 15) is 13.9 Å². The summed E-state index contributed by atoms with van der Waals surface area (Å²) in [6, 6.07) is 1.71. The number of nitrogens with zero attached hydrogens (tertiary/aromatic N) is 5. The first-order valence-corrected chi connectivity index (χ1v) is 19.2. The lowest BCUT2D eigenvalue weighted by Crippen LogP contribution is -2.37. The molecular weight excluding hydrogens is 716 g/mol. The summed E-state index contributed by atoms with van der Waals surface area (Å²) in [5.41, 5.74) is 5.55. The highest BCUT2D eigenvalue weighted by atomic mass is 31.2. The summed E-state index contributed by atoms with van der Waals surface area (Å²) in [5.74, 6) is 0.0181. The summed E-state index contributed by atoms with van der Waals surface area (Å²) in [5, 5.41) is 3.89. The number of alkyl halides is 2. The molecular formula is C28H27B2F2N7O10P2. The van der Waals surface area contributed by atoms with E-state index in [-0.39, 0.29) is 23.8 Å². The van der Waals surface area contributed by atoms with Crippen molar-refractivity contribution in [2.75, 3.05) is 30.6 Å². The standard InChI is InChI=1S/C28H27B2F2N7O10P2/c29-50(41)45-10-16-23(21(32)28(47-16)39-7-12-1-2-17(40)36-24-19(12)26(39)35-11-34-24)49-51(30,42)44-9-15-22(48-50)20(31)27(46-15)38-8-13-4-6-43-37-14-3-5-33-25(38)18(13)14/h3,5,7-8,11,15-16,20-23,27-28,37H,1-2,4,6,9-10H2,(H,34,35,36,40)/t15-,16-,20+,21?,22?,23+,27-,28-,50?,51?/m1/s1. The number of ether oxygens (including phenoxy) is 2. The summed E-state index contributed by atoms with van der Waals surface area (Å²) in [6.45, 7) is -1.06. The maximum Gasteiger partial charge on any atom is 0.264 e. The van der Waals surface area contributed by atoms with Crippen LogP contribution in [0.15, 0.2) is 31.0 Å². The first kappa shape index (κ1) is 33.6. The van der Waals surface area contributed by atoms with Crippen molar-refractivity contribution in [3.05, 3.63) is 42.1 Å². The first-order valence-electron chi connectivity index (χ1n) is 16.0. The quantitative estimate of drug-likeness (QED) is 0.225. The van der Waals surface area contributed by atoms with Gasteiger partial charge in [-0.15, -0.1) is 0 Å². The average Bonchev–Trinajstić information content (AvgIpc) is 3.74. The van der Waals surface area contributed by atoms with Gasteiger partial charge in [0.05, 0.1) is 30.9 Å². The highest BCUT2D eigenvalue weighted by Crippen LogP contribution is 2.54. The van der Waals surface area contributed by atoms with Crippen LogP contribution in [0.25, 0.3) is 22.1 Å². The molecule has 23 heteroatoms. The lowest BCUT2D eigenvalue weighted by Gasteiger charge is -2.29. The summed E-state index contributed by atoms with van der Waals surface area (Å²) in [7, 11) is 2.70. The number of hydrogen-bond donors (Lipinski definition) is 2. The van der Waals surface area contributed by atoms with Crippen LogP contribution in [0.2, 0.25) is 0 Å². The zero-order chi connectivity index (χ0) is 35.2. The number of pyridine rings is 1. The molecule has 0 bridgehead atoms. The minimum Gasteiger partial charge on any atom is -0.346 e. The Kier molecular flexibility index (Phi) is 8.18. The van der Waals surface area contributed by atoms with Crippen molar-refractivity contribution in [2.45, 2.75) is 68.5 Å². The molecule has 9 heterocycles. The Hall–Kier alpha value is -3.25. The van der Waals surface area contributed by atoms with Crippen molar-refractivity contribution in [1.82, 2.24) is 24.1 Å². The molecule has 17 nitrogen and oxygen atoms in total. The lowest BCUT2D eigenvalue weighted by molar-refractivity contribution is -0.116.